The summed E-state index contributed by atoms with van der Waals surface area (Å²) in [6.45, 7) is 4.24. The summed E-state index contributed by atoms with van der Waals surface area (Å²) in [5, 5.41) is 1.41. The lowest BCUT2D eigenvalue weighted by molar-refractivity contribution is 0.332. The molecule has 0 amide bonds. The largest absolute Gasteiger partial charge is 0.326 e. The molecule has 2 N–H and O–H groups in total. The number of hydrogen-bond donors (Lipinski definition) is 1. The molecule has 1 aliphatic rings. The van der Waals surface area contributed by atoms with Crippen LogP contribution >= 0.6 is 11.3 Å². The van der Waals surface area contributed by atoms with Gasteiger partial charge in [-0.05, 0) is 42.9 Å². The molecule has 1 aromatic heterocycles. The fourth-order valence-corrected chi connectivity index (χ4v) is 3.75. The first-order chi connectivity index (χ1) is 8.38. The Morgan fingerprint density at radius 3 is 2.71 bits per heavy atom. The number of hydrogen-bond acceptors (Lipinski definition) is 3. The number of fused-ring (bicyclic) bond motifs is 1. The zero-order valence-corrected chi connectivity index (χ0v) is 10.8. The average Bonchev–Trinajstić information content (AvgIpc) is 2.98. The summed E-state index contributed by atoms with van der Waals surface area (Å²) in [4.78, 5) is 3.91. The van der Waals surface area contributed by atoms with Crippen LogP contribution in [0.15, 0.2) is 24.3 Å². The molecule has 2 nitrogen and oxygen atoms in total. The average molecular weight is 246 g/mol. The molecule has 1 aromatic carbocycles. The number of rotatable bonds is 3. The molecule has 1 aliphatic heterocycles. The van der Waals surface area contributed by atoms with E-state index in [-0.39, 0.29) is 0 Å². The molecule has 1 saturated heterocycles. The fourth-order valence-electron chi connectivity index (χ4n) is 2.65. The van der Waals surface area contributed by atoms with E-state index in [1.54, 1.807) is 0 Å². The molecular formula is C14H18N2S. The molecule has 17 heavy (non-hydrogen) atoms. The fraction of sp³-hybridized carbons (Fsp3) is 0.429. The first kappa shape index (κ1) is 11.2. The van der Waals surface area contributed by atoms with Crippen molar-refractivity contribution in [1.29, 1.82) is 0 Å². The van der Waals surface area contributed by atoms with E-state index in [2.05, 4.69) is 29.2 Å². The van der Waals surface area contributed by atoms with Crippen molar-refractivity contribution in [3.63, 3.8) is 0 Å². The van der Waals surface area contributed by atoms with Crippen LogP contribution in [-0.4, -0.2) is 18.0 Å². The molecular weight excluding hydrogens is 228 g/mol. The van der Waals surface area contributed by atoms with Crippen LogP contribution in [0.25, 0.3) is 10.1 Å². The van der Waals surface area contributed by atoms with E-state index in [0.717, 1.165) is 6.54 Å². The second-order valence-corrected chi connectivity index (χ2v) is 5.82. The van der Waals surface area contributed by atoms with Gasteiger partial charge in [0, 0.05) is 22.7 Å². The molecule has 0 radical (unpaired) electrons. The Morgan fingerprint density at radius 1 is 1.18 bits per heavy atom. The number of nitrogens with two attached hydrogens (primary N) is 1. The first-order valence-electron chi connectivity index (χ1n) is 6.30. The molecule has 0 spiro atoms. The van der Waals surface area contributed by atoms with E-state index in [9.17, 15) is 0 Å². The molecule has 2 heterocycles. The molecule has 0 aliphatic carbocycles. The van der Waals surface area contributed by atoms with Crippen molar-refractivity contribution in [2.75, 3.05) is 13.1 Å². The van der Waals surface area contributed by atoms with E-state index in [0.29, 0.717) is 6.54 Å². The second kappa shape index (κ2) is 4.77. The van der Waals surface area contributed by atoms with Crippen LogP contribution in [0.5, 0.6) is 0 Å². The monoisotopic (exact) mass is 246 g/mol. The number of thiophene rings is 1. The Bertz CT molecular complexity index is 512. The van der Waals surface area contributed by atoms with Crippen LogP contribution < -0.4 is 5.73 Å². The SMILES string of the molecule is NCc1sc2ccccc2c1CN1CCCC1. The van der Waals surface area contributed by atoms with Crippen LogP contribution in [0.1, 0.15) is 23.3 Å². The van der Waals surface area contributed by atoms with Gasteiger partial charge in [0.05, 0.1) is 0 Å². The standard InChI is InChI=1S/C14H18N2S/c15-9-14-12(10-16-7-3-4-8-16)11-5-1-2-6-13(11)17-14/h1-2,5-6H,3-4,7-10,15H2. The van der Waals surface area contributed by atoms with Gasteiger partial charge in [0.15, 0.2) is 0 Å². The summed E-state index contributed by atoms with van der Waals surface area (Å²) < 4.78 is 1.38. The van der Waals surface area contributed by atoms with Gasteiger partial charge in [-0.2, -0.15) is 0 Å². The summed E-state index contributed by atoms with van der Waals surface area (Å²) in [7, 11) is 0. The van der Waals surface area contributed by atoms with Crippen molar-refractivity contribution in [2.45, 2.75) is 25.9 Å². The van der Waals surface area contributed by atoms with E-state index in [4.69, 9.17) is 5.73 Å². The molecule has 0 bridgehead atoms. The zero-order valence-electron chi connectivity index (χ0n) is 9.98. The summed E-state index contributed by atoms with van der Waals surface area (Å²) in [5.74, 6) is 0. The van der Waals surface area contributed by atoms with E-state index < -0.39 is 0 Å². The minimum Gasteiger partial charge on any atom is -0.326 e. The quantitative estimate of drug-likeness (QED) is 0.902. The smallest absolute Gasteiger partial charge is 0.0349 e. The van der Waals surface area contributed by atoms with Gasteiger partial charge in [0.2, 0.25) is 0 Å². The van der Waals surface area contributed by atoms with E-state index >= 15 is 0 Å². The molecule has 0 saturated carbocycles. The molecule has 3 heteroatoms. The summed E-state index contributed by atoms with van der Waals surface area (Å²) >= 11 is 1.86. The molecule has 1 fully saturated rings. The van der Waals surface area contributed by atoms with Crippen LogP contribution in [0.3, 0.4) is 0 Å². The number of likely N-dealkylation sites (tertiary alicyclic amines) is 1. The van der Waals surface area contributed by atoms with Crippen molar-refractivity contribution in [1.82, 2.24) is 4.90 Å². The lowest BCUT2D eigenvalue weighted by atomic mass is 10.1. The van der Waals surface area contributed by atoms with Crippen molar-refractivity contribution in [3.8, 4) is 0 Å². The van der Waals surface area contributed by atoms with Gasteiger partial charge in [-0.25, -0.2) is 0 Å². The second-order valence-electron chi connectivity index (χ2n) is 4.69. The van der Waals surface area contributed by atoms with Crippen molar-refractivity contribution in [2.24, 2.45) is 5.73 Å². The lowest BCUT2D eigenvalue weighted by Crippen LogP contribution is -2.19. The minimum absolute atomic E-state index is 0.669. The van der Waals surface area contributed by atoms with Gasteiger partial charge < -0.3 is 5.73 Å². The zero-order chi connectivity index (χ0) is 11.7. The summed E-state index contributed by atoms with van der Waals surface area (Å²) in [6.07, 6.45) is 2.69. The molecule has 90 valence electrons. The van der Waals surface area contributed by atoms with Gasteiger partial charge in [-0.15, -0.1) is 11.3 Å². The highest BCUT2D eigenvalue weighted by atomic mass is 32.1. The van der Waals surface area contributed by atoms with Crippen LogP contribution in [0, 0.1) is 0 Å². The topological polar surface area (TPSA) is 29.3 Å². The molecule has 0 unspecified atom stereocenters. The lowest BCUT2D eigenvalue weighted by Gasteiger charge is -2.15. The Labute approximate surface area is 106 Å². The van der Waals surface area contributed by atoms with Gasteiger partial charge in [-0.3, -0.25) is 4.90 Å². The van der Waals surface area contributed by atoms with Gasteiger partial charge >= 0.3 is 0 Å². The predicted octanol–water partition coefficient (Wildman–Crippen LogP) is 2.96. The maximum Gasteiger partial charge on any atom is 0.0349 e. The molecule has 2 aromatic rings. The molecule has 0 atom stereocenters. The Balaban J connectivity index is 1.99. The Morgan fingerprint density at radius 2 is 1.94 bits per heavy atom. The van der Waals surface area contributed by atoms with Crippen molar-refractivity contribution in [3.05, 3.63) is 34.7 Å². The third kappa shape index (κ3) is 2.10. The van der Waals surface area contributed by atoms with Crippen LogP contribution in [0.4, 0.5) is 0 Å². The van der Waals surface area contributed by atoms with Gasteiger partial charge in [0.25, 0.3) is 0 Å². The highest BCUT2D eigenvalue weighted by molar-refractivity contribution is 7.19. The molecule has 3 rings (SSSR count). The predicted molar refractivity (Wildman–Crippen MR) is 74.2 cm³/mol. The maximum absolute atomic E-state index is 5.88. The maximum atomic E-state index is 5.88. The Hall–Kier alpha value is -0.900. The third-order valence-corrected chi connectivity index (χ3v) is 4.78. The van der Waals surface area contributed by atoms with Gasteiger partial charge in [0.1, 0.15) is 0 Å². The normalized spacial score (nSPS) is 17.0. The third-order valence-electron chi connectivity index (χ3n) is 3.55. The number of benzene rings is 1. The highest BCUT2D eigenvalue weighted by Crippen LogP contribution is 2.32. The first-order valence-corrected chi connectivity index (χ1v) is 7.12. The van der Waals surface area contributed by atoms with Gasteiger partial charge in [-0.1, -0.05) is 18.2 Å². The number of nitrogens with zero attached hydrogens (tertiary/aromatic N) is 1. The van der Waals surface area contributed by atoms with Crippen LogP contribution in [-0.2, 0) is 13.1 Å². The highest BCUT2D eigenvalue weighted by Gasteiger charge is 2.17. The minimum atomic E-state index is 0.669. The van der Waals surface area contributed by atoms with E-state index in [1.807, 2.05) is 11.3 Å². The van der Waals surface area contributed by atoms with E-state index in [1.165, 1.54) is 46.5 Å². The summed E-state index contributed by atoms with van der Waals surface area (Å²) in [5.41, 5.74) is 7.35. The summed E-state index contributed by atoms with van der Waals surface area (Å²) in [6, 6.07) is 8.67. The van der Waals surface area contributed by atoms with Crippen molar-refractivity contribution >= 4 is 21.4 Å². The van der Waals surface area contributed by atoms with Crippen LogP contribution in [0.2, 0.25) is 0 Å². The Kier molecular flexibility index (Phi) is 3.14. The van der Waals surface area contributed by atoms with Crippen molar-refractivity contribution < 1.29 is 0 Å².